The highest BCUT2D eigenvalue weighted by molar-refractivity contribution is 5.74. The summed E-state index contributed by atoms with van der Waals surface area (Å²) in [7, 11) is 0. The average Bonchev–Trinajstić information content (AvgIpc) is 2.42. The molecule has 1 heterocycles. The van der Waals surface area contributed by atoms with Crippen molar-refractivity contribution in [2.24, 2.45) is 5.92 Å². The molecule has 1 aliphatic rings. The van der Waals surface area contributed by atoms with Crippen LogP contribution >= 0.6 is 0 Å². The number of hydrogen-bond acceptors (Lipinski definition) is 3. The van der Waals surface area contributed by atoms with Gasteiger partial charge in [0.25, 0.3) is 0 Å². The van der Waals surface area contributed by atoms with E-state index in [-0.39, 0.29) is 0 Å². The van der Waals surface area contributed by atoms with E-state index < -0.39 is 0 Å². The summed E-state index contributed by atoms with van der Waals surface area (Å²) in [6, 6.07) is 6.08. The molecule has 2 N–H and O–H groups in total. The highest BCUT2D eigenvalue weighted by Crippen LogP contribution is 2.34. The quantitative estimate of drug-likeness (QED) is 0.831. The van der Waals surface area contributed by atoms with Crippen LogP contribution in [-0.4, -0.2) is 19.7 Å². The van der Waals surface area contributed by atoms with Gasteiger partial charge in [-0.3, -0.25) is 0 Å². The molecule has 0 aromatic heterocycles. The molecule has 1 fully saturated rings. The van der Waals surface area contributed by atoms with Gasteiger partial charge in [0.2, 0.25) is 0 Å². The Morgan fingerprint density at radius 1 is 1.28 bits per heavy atom. The van der Waals surface area contributed by atoms with Crippen LogP contribution in [0.2, 0.25) is 0 Å². The fourth-order valence-electron chi connectivity index (χ4n) is 2.67. The number of rotatable bonds is 4. The minimum absolute atomic E-state index is 0.658. The average molecular weight is 248 g/mol. The summed E-state index contributed by atoms with van der Waals surface area (Å²) in [6.07, 6.45) is 3.84. The molecule has 3 nitrogen and oxygen atoms in total. The van der Waals surface area contributed by atoms with Crippen molar-refractivity contribution in [1.29, 1.82) is 0 Å². The van der Waals surface area contributed by atoms with Crippen LogP contribution in [0, 0.1) is 5.92 Å². The van der Waals surface area contributed by atoms with E-state index in [2.05, 4.69) is 17.9 Å². The number of anilines is 2. The molecule has 0 saturated carbocycles. The number of nitrogen functional groups attached to an aromatic ring is 1. The fraction of sp³-hybridized carbons (Fsp3) is 0.600. The molecule has 0 spiro atoms. The maximum atomic E-state index is 6.20. The van der Waals surface area contributed by atoms with Crippen LogP contribution in [0.4, 0.5) is 11.4 Å². The van der Waals surface area contributed by atoms with Crippen LogP contribution in [0.15, 0.2) is 18.2 Å². The van der Waals surface area contributed by atoms with Crippen LogP contribution in [0.3, 0.4) is 0 Å². The zero-order chi connectivity index (χ0) is 13.0. The molecular formula is C15H24N2O. The second-order valence-corrected chi connectivity index (χ2v) is 4.96. The van der Waals surface area contributed by atoms with E-state index in [0.29, 0.717) is 6.61 Å². The van der Waals surface area contributed by atoms with E-state index in [1.165, 1.54) is 19.3 Å². The maximum Gasteiger partial charge on any atom is 0.144 e. The first kappa shape index (κ1) is 13.1. The molecule has 0 aliphatic carbocycles. The Morgan fingerprint density at radius 2 is 2.00 bits per heavy atom. The van der Waals surface area contributed by atoms with Crippen molar-refractivity contribution in [3.05, 3.63) is 18.2 Å². The van der Waals surface area contributed by atoms with Crippen LogP contribution in [-0.2, 0) is 0 Å². The fourth-order valence-corrected chi connectivity index (χ4v) is 2.67. The Hall–Kier alpha value is -1.38. The third-order valence-corrected chi connectivity index (χ3v) is 3.88. The molecule has 100 valence electrons. The first-order valence-electron chi connectivity index (χ1n) is 7.02. The number of benzene rings is 1. The highest BCUT2D eigenvalue weighted by Gasteiger charge is 2.20. The predicted octanol–water partition coefficient (Wildman–Crippen LogP) is 3.29. The van der Waals surface area contributed by atoms with E-state index in [0.717, 1.165) is 36.1 Å². The number of para-hydroxylation sites is 1. The second kappa shape index (κ2) is 5.98. The largest absolute Gasteiger partial charge is 0.492 e. The third kappa shape index (κ3) is 2.71. The van der Waals surface area contributed by atoms with E-state index in [9.17, 15) is 0 Å². The van der Waals surface area contributed by atoms with Gasteiger partial charge in [-0.25, -0.2) is 0 Å². The summed E-state index contributed by atoms with van der Waals surface area (Å²) in [5.41, 5.74) is 8.12. The smallest absolute Gasteiger partial charge is 0.144 e. The lowest BCUT2D eigenvalue weighted by atomic mass is 9.94. The number of ether oxygens (including phenoxy) is 1. The Bertz CT molecular complexity index is 384. The van der Waals surface area contributed by atoms with Crippen LogP contribution < -0.4 is 15.4 Å². The molecule has 1 aliphatic heterocycles. The van der Waals surface area contributed by atoms with Crippen molar-refractivity contribution in [1.82, 2.24) is 0 Å². The summed E-state index contributed by atoms with van der Waals surface area (Å²) in [5, 5.41) is 0. The molecule has 1 aromatic rings. The molecular weight excluding hydrogens is 224 g/mol. The summed E-state index contributed by atoms with van der Waals surface area (Å²) in [5.74, 6) is 1.70. The molecule has 0 atom stereocenters. The molecule has 1 saturated heterocycles. The van der Waals surface area contributed by atoms with Gasteiger partial charge in [-0.15, -0.1) is 0 Å². The van der Waals surface area contributed by atoms with Gasteiger partial charge in [-0.1, -0.05) is 19.4 Å². The lowest BCUT2D eigenvalue weighted by molar-refractivity contribution is 0.342. The van der Waals surface area contributed by atoms with E-state index in [4.69, 9.17) is 10.5 Å². The molecule has 3 heteroatoms. The van der Waals surface area contributed by atoms with E-state index >= 15 is 0 Å². The zero-order valence-corrected chi connectivity index (χ0v) is 11.5. The van der Waals surface area contributed by atoms with Gasteiger partial charge < -0.3 is 15.4 Å². The van der Waals surface area contributed by atoms with Crippen LogP contribution in [0.5, 0.6) is 5.75 Å². The van der Waals surface area contributed by atoms with E-state index in [1.807, 2.05) is 19.1 Å². The van der Waals surface area contributed by atoms with Gasteiger partial charge in [0.05, 0.1) is 18.0 Å². The Balaban J connectivity index is 2.11. The van der Waals surface area contributed by atoms with Crippen molar-refractivity contribution >= 4 is 11.4 Å². The molecule has 18 heavy (non-hydrogen) atoms. The monoisotopic (exact) mass is 248 g/mol. The van der Waals surface area contributed by atoms with Crippen molar-refractivity contribution < 1.29 is 4.74 Å². The van der Waals surface area contributed by atoms with E-state index in [1.54, 1.807) is 0 Å². The summed E-state index contributed by atoms with van der Waals surface area (Å²) in [4.78, 5) is 2.39. The number of hydrogen-bond donors (Lipinski definition) is 1. The first-order valence-corrected chi connectivity index (χ1v) is 7.02. The summed E-state index contributed by atoms with van der Waals surface area (Å²) in [6.45, 7) is 7.14. The van der Waals surface area contributed by atoms with Gasteiger partial charge in [0.1, 0.15) is 5.75 Å². The summed E-state index contributed by atoms with van der Waals surface area (Å²) >= 11 is 0. The Labute approximate surface area is 110 Å². The van der Waals surface area contributed by atoms with Crippen LogP contribution in [0.25, 0.3) is 0 Å². The maximum absolute atomic E-state index is 6.20. The van der Waals surface area contributed by atoms with Crippen molar-refractivity contribution in [3.8, 4) is 5.75 Å². The first-order chi connectivity index (χ1) is 8.76. The minimum Gasteiger partial charge on any atom is -0.492 e. The van der Waals surface area contributed by atoms with Gasteiger partial charge in [0.15, 0.2) is 0 Å². The molecule has 1 aromatic carbocycles. The molecule has 0 bridgehead atoms. The normalized spacial score (nSPS) is 16.9. The number of nitrogens with two attached hydrogens (primary N) is 1. The van der Waals surface area contributed by atoms with Gasteiger partial charge in [-0.05, 0) is 37.8 Å². The third-order valence-electron chi connectivity index (χ3n) is 3.88. The standard InChI is InChI=1S/C15H24N2O/c1-3-12-8-10-17(11-9-12)13-6-5-7-14(15(13)16)18-4-2/h5-7,12H,3-4,8-11,16H2,1-2H3. The van der Waals surface area contributed by atoms with Gasteiger partial charge in [0, 0.05) is 13.1 Å². The second-order valence-electron chi connectivity index (χ2n) is 4.96. The van der Waals surface area contributed by atoms with Crippen molar-refractivity contribution in [3.63, 3.8) is 0 Å². The van der Waals surface area contributed by atoms with Gasteiger partial charge in [-0.2, -0.15) is 0 Å². The SMILES string of the molecule is CCOc1cccc(N2CCC(CC)CC2)c1N. The minimum atomic E-state index is 0.658. The van der Waals surface area contributed by atoms with Crippen molar-refractivity contribution in [2.45, 2.75) is 33.1 Å². The predicted molar refractivity (Wildman–Crippen MR) is 77.3 cm³/mol. The molecule has 0 unspecified atom stereocenters. The lowest BCUT2D eigenvalue weighted by Crippen LogP contribution is -2.33. The topological polar surface area (TPSA) is 38.5 Å². The zero-order valence-electron chi connectivity index (χ0n) is 11.5. The highest BCUT2D eigenvalue weighted by atomic mass is 16.5. The number of piperidine rings is 1. The number of nitrogens with zero attached hydrogens (tertiary/aromatic N) is 1. The summed E-state index contributed by atoms with van der Waals surface area (Å²) < 4.78 is 5.56. The lowest BCUT2D eigenvalue weighted by Gasteiger charge is -2.34. The van der Waals surface area contributed by atoms with Crippen LogP contribution in [0.1, 0.15) is 33.1 Å². The van der Waals surface area contributed by atoms with Gasteiger partial charge >= 0.3 is 0 Å². The molecule has 0 radical (unpaired) electrons. The Morgan fingerprint density at radius 3 is 2.61 bits per heavy atom. The molecule has 2 rings (SSSR count). The Kier molecular flexibility index (Phi) is 4.34. The molecule has 0 amide bonds. The van der Waals surface area contributed by atoms with Crippen molar-refractivity contribution in [2.75, 3.05) is 30.3 Å².